The van der Waals surface area contributed by atoms with Crippen molar-refractivity contribution in [2.75, 3.05) is 5.32 Å². The van der Waals surface area contributed by atoms with Crippen molar-refractivity contribution in [3.05, 3.63) is 69.3 Å². The molecular weight excluding hydrogens is 319 g/mol. The first-order valence-electron chi connectivity index (χ1n) is 6.63. The fraction of sp³-hybridized carbons (Fsp3) is 0.0667. The molecule has 0 aliphatic heterocycles. The topological polar surface area (TPSA) is 76.9 Å². The SMILES string of the molecule is Cc1cc(=O)c(C(=O)Nc2nccs2)nn1-c1ccccc1F. The summed E-state index contributed by atoms with van der Waals surface area (Å²) in [4.78, 5) is 28.1. The third kappa shape index (κ3) is 3.02. The van der Waals surface area contributed by atoms with E-state index in [1.165, 1.54) is 40.4 Å². The predicted molar refractivity (Wildman–Crippen MR) is 84.6 cm³/mol. The van der Waals surface area contributed by atoms with Gasteiger partial charge in [0.25, 0.3) is 5.91 Å². The highest BCUT2D eigenvalue weighted by Gasteiger charge is 2.17. The van der Waals surface area contributed by atoms with Crippen LogP contribution in [0, 0.1) is 12.7 Å². The Bertz CT molecular complexity index is 921. The van der Waals surface area contributed by atoms with Crippen molar-refractivity contribution in [1.82, 2.24) is 14.8 Å². The van der Waals surface area contributed by atoms with E-state index in [-0.39, 0.29) is 11.4 Å². The maximum atomic E-state index is 13.9. The molecule has 0 aliphatic rings. The summed E-state index contributed by atoms with van der Waals surface area (Å²) in [6.45, 7) is 1.61. The van der Waals surface area contributed by atoms with Crippen LogP contribution < -0.4 is 10.7 Å². The highest BCUT2D eigenvalue weighted by Crippen LogP contribution is 2.14. The molecule has 0 aliphatic carbocycles. The number of aryl methyl sites for hydroxylation is 1. The van der Waals surface area contributed by atoms with Crippen molar-refractivity contribution in [3.8, 4) is 5.69 Å². The van der Waals surface area contributed by atoms with E-state index in [1.54, 1.807) is 24.4 Å². The van der Waals surface area contributed by atoms with Crippen LogP contribution in [0.5, 0.6) is 0 Å². The number of amides is 1. The average Bonchev–Trinajstić information content (AvgIpc) is 3.01. The van der Waals surface area contributed by atoms with E-state index in [4.69, 9.17) is 0 Å². The zero-order valence-corrected chi connectivity index (χ0v) is 12.8. The number of hydrogen-bond donors (Lipinski definition) is 1. The third-order valence-corrected chi connectivity index (χ3v) is 3.74. The van der Waals surface area contributed by atoms with Crippen LogP contribution in [0.15, 0.2) is 46.7 Å². The number of benzene rings is 1. The van der Waals surface area contributed by atoms with Crippen LogP contribution in [-0.2, 0) is 0 Å². The van der Waals surface area contributed by atoms with E-state index in [0.717, 1.165) is 0 Å². The molecule has 1 aromatic carbocycles. The van der Waals surface area contributed by atoms with Gasteiger partial charge >= 0.3 is 0 Å². The van der Waals surface area contributed by atoms with Crippen molar-refractivity contribution < 1.29 is 9.18 Å². The lowest BCUT2D eigenvalue weighted by Gasteiger charge is -2.11. The molecule has 0 saturated heterocycles. The number of carbonyl (C=O) groups is 1. The lowest BCUT2D eigenvalue weighted by molar-refractivity contribution is 0.101. The van der Waals surface area contributed by atoms with Gasteiger partial charge in [0.15, 0.2) is 10.8 Å². The van der Waals surface area contributed by atoms with Crippen LogP contribution in [-0.4, -0.2) is 20.7 Å². The molecule has 0 fully saturated rings. The monoisotopic (exact) mass is 330 g/mol. The molecule has 3 rings (SSSR count). The van der Waals surface area contributed by atoms with Gasteiger partial charge in [-0.15, -0.1) is 11.3 Å². The predicted octanol–water partition coefficient (Wildman–Crippen LogP) is 2.39. The summed E-state index contributed by atoms with van der Waals surface area (Å²) < 4.78 is 15.2. The molecule has 1 amide bonds. The fourth-order valence-corrected chi connectivity index (χ4v) is 2.54. The van der Waals surface area contributed by atoms with E-state index in [1.807, 2.05) is 0 Å². The molecule has 8 heteroatoms. The third-order valence-electron chi connectivity index (χ3n) is 3.06. The Labute approximate surface area is 134 Å². The highest BCUT2D eigenvalue weighted by molar-refractivity contribution is 7.13. The highest BCUT2D eigenvalue weighted by atomic mass is 32.1. The summed E-state index contributed by atoms with van der Waals surface area (Å²) in [7, 11) is 0. The molecular formula is C15H11FN4O2S. The molecule has 6 nitrogen and oxygen atoms in total. The number of rotatable bonds is 3. The molecule has 0 radical (unpaired) electrons. The van der Waals surface area contributed by atoms with Crippen molar-refractivity contribution in [3.63, 3.8) is 0 Å². The van der Waals surface area contributed by atoms with Gasteiger partial charge in [0.2, 0.25) is 5.43 Å². The Kier molecular flexibility index (Phi) is 3.98. The van der Waals surface area contributed by atoms with Gasteiger partial charge in [0.05, 0.1) is 0 Å². The Morgan fingerprint density at radius 3 is 2.83 bits per heavy atom. The Hall–Kier alpha value is -2.87. The maximum Gasteiger partial charge on any atom is 0.281 e. The maximum absolute atomic E-state index is 13.9. The van der Waals surface area contributed by atoms with Crippen molar-refractivity contribution in [2.45, 2.75) is 6.92 Å². The molecule has 3 aromatic rings. The van der Waals surface area contributed by atoms with Crippen LogP contribution >= 0.6 is 11.3 Å². The number of nitrogens with one attached hydrogen (secondary N) is 1. The van der Waals surface area contributed by atoms with Gasteiger partial charge in [0.1, 0.15) is 11.5 Å². The lowest BCUT2D eigenvalue weighted by atomic mass is 10.2. The zero-order valence-electron chi connectivity index (χ0n) is 12.0. The standard InChI is InChI=1S/C15H11FN4O2S/c1-9-8-12(21)13(14(22)18-15-17-6-7-23-15)19-20(9)11-5-3-2-4-10(11)16/h2-8H,1H3,(H,17,18,22). The summed E-state index contributed by atoms with van der Waals surface area (Å²) in [5, 5.41) is 8.55. The van der Waals surface area contributed by atoms with Gasteiger partial charge in [-0.3, -0.25) is 14.9 Å². The zero-order chi connectivity index (χ0) is 16.4. The average molecular weight is 330 g/mol. The van der Waals surface area contributed by atoms with Crippen LogP contribution in [0.1, 0.15) is 16.2 Å². The summed E-state index contributed by atoms with van der Waals surface area (Å²) in [6.07, 6.45) is 1.53. The van der Waals surface area contributed by atoms with Crippen LogP contribution in [0.4, 0.5) is 9.52 Å². The number of anilines is 1. The minimum Gasteiger partial charge on any atom is -0.296 e. The first-order chi connectivity index (χ1) is 11.1. The lowest BCUT2D eigenvalue weighted by Crippen LogP contribution is -2.27. The molecule has 0 saturated carbocycles. The number of halogens is 1. The van der Waals surface area contributed by atoms with Gasteiger partial charge < -0.3 is 0 Å². The minimum atomic E-state index is -0.685. The number of aromatic nitrogens is 3. The van der Waals surface area contributed by atoms with Gasteiger partial charge in [-0.05, 0) is 19.1 Å². The molecule has 0 unspecified atom stereocenters. The molecule has 23 heavy (non-hydrogen) atoms. The second-order valence-corrected chi connectivity index (χ2v) is 5.55. The molecule has 0 spiro atoms. The van der Waals surface area contributed by atoms with Crippen molar-refractivity contribution >= 4 is 22.4 Å². The molecule has 1 N–H and O–H groups in total. The summed E-state index contributed by atoms with van der Waals surface area (Å²) in [5.74, 6) is -1.19. The molecule has 0 atom stereocenters. The first kappa shape index (κ1) is 15.0. The normalized spacial score (nSPS) is 10.5. The van der Waals surface area contributed by atoms with Gasteiger partial charge in [-0.25, -0.2) is 14.1 Å². The van der Waals surface area contributed by atoms with Gasteiger partial charge in [-0.2, -0.15) is 5.10 Å². The first-order valence-corrected chi connectivity index (χ1v) is 7.51. The van der Waals surface area contributed by atoms with Crippen molar-refractivity contribution in [2.24, 2.45) is 0 Å². The minimum absolute atomic E-state index is 0.160. The number of nitrogens with zero attached hydrogens (tertiary/aromatic N) is 3. The quantitative estimate of drug-likeness (QED) is 0.800. The smallest absolute Gasteiger partial charge is 0.281 e. The summed E-state index contributed by atoms with van der Waals surface area (Å²) in [5.41, 5.74) is -0.280. The van der Waals surface area contributed by atoms with E-state index < -0.39 is 17.2 Å². The van der Waals surface area contributed by atoms with Crippen LogP contribution in [0.3, 0.4) is 0 Å². The second-order valence-electron chi connectivity index (χ2n) is 4.65. The van der Waals surface area contributed by atoms with E-state index in [0.29, 0.717) is 10.8 Å². The van der Waals surface area contributed by atoms with Crippen LogP contribution in [0.25, 0.3) is 5.69 Å². The summed E-state index contributed by atoms with van der Waals surface area (Å²) >= 11 is 1.22. The number of carbonyl (C=O) groups excluding carboxylic acids is 1. The van der Waals surface area contributed by atoms with Crippen LogP contribution in [0.2, 0.25) is 0 Å². The molecule has 2 aromatic heterocycles. The van der Waals surface area contributed by atoms with Gasteiger partial charge in [0, 0.05) is 23.3 Å². The molecule has 116 valence electrons. The Balaban J connectivity index is 2.05. The molecule has 0 bridgehead atoms. The Morgan fingerprint density at radius 2 is 2.13 bits per heavy atom. The second kappa shape index (κ2) is 6.09. The van der Waals surface area contributed by atoms with Gasteiger partial charge in [-0.1, -0.05) is 12.1 Å². The van der Waals surface area contributed by atoms with E-state index in [2.05, 4.69) is 15.4 Å². The molecule has 2 heterocycles. The fourth-order valence-electron chi connectivity index (χ4n) is 2.01. The van der Waals surface area contributed by atoms with E-state index in [9.17, 15) is 14.0 Å². The number of thiazole rings is 1. The largest absolute Gasteiger partial charge is 0.296 e. The number of hydrogen-bond acceptors (Lipinski definition) is 5. The Morgan fingerprint density at radius 1 is 1.35 bits per heavy atom. The van der Waals surface area contributed by atoms with Crippen molar-refractivity contribution in [1.29, 1.82) is 0 Å². The number of para-hydroxylation sites is 1. The van der Waals surface area contributed by atoms with E-state index >= 15 is 0 Å². The summed E-state index contributed by atoms with van der Waals surface area (Å²) in [6, 6.07) is 7.24.